The summed E-state index contributed by atoms with van der Waals surface area (Å²) in [5.41, 5.74) is -0.0921. The minimum Gasteiger partial charge on any atom is -0.466 e. The van der Waals surface area contributed by atoms with Gasteiger partial charge in [0.25, 0.3) is 0 Å². The van der Waals surface area contributed by atoms with Gasteiger partial charge in [0.05, 0.1) is 19.1 Å². The molecule has 1 aliphatic carbocycles. The molecule has 0 N–H and O–H groups in total. The lowest BCUT2D eigenvalue weighted by Crippen LogP contribution is -2.51. The summed E-state index contributed by atoms with van der Waals surface area (Å²) in [5.74, 6) is -0.0991. The van der Waals surface area contributed by atoms with Crippen LogP contribution in [0.15, 0.2) is 0 Å². The van der Waals surface area contributed by atoms with Gasteiger partial charge in [0.15, 0.2) is 0 Å². The van der Waals surface area contributed by atoms with Crippen LogP contribution < -0.4 is 0 Å². The van der Waals surface area contributed by atoms with Crippen LogP contribution in [0.25, 0.3) is 0 Å². The van der Waals surface area contributed by atoms with Gasteiger partial charge in [0, 0.05) is 12.6 Å². The molecule has 2 atom stereocenters. The number of esters is 1. The molecule has 0 aromatic carbocycles. The molecule has 0 aromatic heterocycles. The Morgan fingerprint density at radius 2 is 2.18 bits per heavy atom. The van der Waals surface area contributed by atoms with Crippen molar-refractivity contribution in [3.05, 3.63) is 0 Å². The van der Waals surface area contributed by atoms with Crippen molar-refractivity contribution in [3.63, 3.8) is 0 Å². The van der Waals surface area contributed by atoms with E-state index in [9.17, 15) is 4.79 Å². The molecule has 100 valence electrons. The summed E-state index contributed by atoms with van der Waals surface area (Å²) in [4.78, 5) is 13.9. The molecule has 0 bridgehead atoms. The molecule has 4 heteroatoms. The van der Waals surface area contributed by atoms with Crippen molar-refractivity contribution in [2.45, 2.75) is 50.7 Å². The van der Waals surface area contributed by atoms with Crippen molar-refractivity contribution in [3.8, 4) is 0 Å². The SMILES string of the molecule is CCOC(=O)CC1(N(C)C)CCCC(OC)C1. The van der Waals surface area contributed by atoms with E-state index in [1.54, 1.807) is 7.11 Å². The molecule has 1 saturated carbocycles. The molecule has 1 fully saturated rings. The van der Waals surface area contributed by atoms with Gasteiger partial charge in [-0.25, -0.2) is 0 Å². The summed E-state index contributed by atoms with van der Waals surface area (Å²) in [6.45, 7) is 2.30. The molecule has 0 spiro atoms. The number of methoxy groups -OCH3 is 1. The van der Waals surface area contributed by atoms with Gasteiger partial charge in [-0.3, -0.25) is 4.79 Å². The van der Waals surface area contributed by atoms with Gasteiger partial charge >= 0.3 is 5.97 Å². The normalized spacial score (nSPS) is 29.4. The highest BCUT2D eigenvalue weighted by molar-refractivity contribution is 5.71. The molecule has 0 radical (unpaired) electrons. The van der Waals surface area contributed by atoms with E-state index in [0.29, 0.717) is 13.0 Å². The number of rotatable bonds is 5. The predicted molar refractivity (Wildman–Crippen MR) is 66.9 cm³/mol. The molecule has 0 aromatic rings. The van der Waals surface area contributed by atoms with Crippen molar-refractivity contribution in [1.29, 1.82) is 0 Å². The van der Waals surface area contributed by atoms with Crippen LogP contribution >= 0.6 is 0 Å². The van der Waals surface area contributed by atoms with Gasteiger partial charge < -0.3 is 14.4 Å². The summed E-state index contributed by atoms with van der Waals surface area (Å²) in [6.07, 6.45) is 4.88. The van der Waals surface area contributed by atoms with Gasteiger partial charge in [0.2, 0.25) is 0 Å². The second-order valence-electron chi connectivity index (χ2n) is 5.05. The Hall–Kier alpha value is -0.610. The van der Waals surface area contributed by atoms with Gasteiger partial charge in [-0.2, -0.15) is 0 Å². The molecule has 1 aliphatic rings. The number of nitrogens with zero attached hydrogens (tertiary/aromatic N) is 1. The van der Waals surface area contributed by atoms with Crippen LogP contribution in [-0.4, -0.2) is 50.3 Å². The fourth-order valence-corrected chi connectivity index (χ4v) is 2.69. The fourth-order valence-electron chi connectivity index (χ4n) is 2.69. The molecule has 17 heavy (non-hydrogen) atoms. The van der Waals surface area contributed by atoms with E-state index in [-0.39, 0.29) is 17.6 Å². The minimum atomic E-state index is -0.0991. The van der Waals surface area contributed by atoms with Crippen molar-refractivity contribution in [2.24, 2.45) is 0 Å². The predicted octanol–water partition coefficient (Wildman–Crippen LogP) is 1.83. The largest absolute Gasteiger partial charge is 0.466 e. The monoisotopic (exact) mass is 243 g/mol. The Morgan fingerprint density at radius 3 is 2.71 bits per heavy atom. The summed E-state index contributed by atoms with van der Waals surface area (Å²) >= 11 is 0. The molecule has 2 unspecified atom stereocenters. The number of carbonyl (C=O) groups excluding carboxylic acids is 1. The Morgan fingerprint density at radius 1 is 1.47 bits per heavy atom. The molecular formula is C13H25NO3. The highest BCUT2D eigenvalue weighted by Crippen LogP contribution is 2.36. The van der Waals surface area contributed by atoms with Crippen molar-refractivity contribution in [2.75, 3.05) is 27.8 Å². The first kappa shape index (κ1) is 14.5. The quantitative estimate of drug-likeness (QED) is 0.691. The van der Waals surface area contributed by atoms with Crippen LogP contribution in [-0.2, 0) is 14.3 Å². The van der Waals surface area contributed by atoms with Gasteiger partial charge in [-0.05, 0) is 46.7 Å². The van der Waals surface area contributed by atoms with E-state index in [1.807, 2.05) is 21.0 Å². The maximum atomic E-state index is 11.7. The zero-order valence-electron chi connectivity index (χ0n) is 11.5. The second-order valence-corrected chi connectivity index (χ2v) is 5.05. The first-order valence-electron chi connectivity index (χ1n) is 6.40. The van der Waals surface area contributed by atoms with E-state index in [4.69, 9.17) is 9.47 Å². The van der Waals surface area contributed by atoms with E-state index in [1.165, 1.54) is 0 Å². The Bertz CT molecular complexity index is 255. The fraction of sp³-hybridized carbons (Fsp3) is 0.923. The zero-order chi connectivity index (χ0) is 12.9. The van der Waals surface area contributed by atoms with Gasteiger partial charge in [-0.15, -0.1) is 0 Å². The number of ether oxygens (including phenoxy) is 2. The minimum absolute atomic E-state index is 0.0921. The second kappa shape index (κ2) is 6.36. The van der Waals surface area contributed by atoms with Gasteiger partial charge in [0.1, 0.15) is 0 Å². The molecule has 4 nitrogen and oxygen atoms in total. The average molecular weight is 243 g/mol. The van der Waals surface area contributed by atoms with E-state index < -0.39 is 0 Å². The molecule has 0 saturated heterocycles. The zero-order valence-corrected chi connectivity index (χ0v) is 11.5. The topological polar surface area (TPSA) is 38.8 Å². The summed E-state index contributed by atoms with van der Waals surface area (Å²) in [5, 5.41) is 0. The van der Waals surface area contributed by atoms with Crippen LogP contribution in [0.3, 0.4) is 0 Å². The van der Waals surface area contributed by atoms with Crippen LogP contribution in [0.2, 0.25) is 0 Å². The third kappa shape index (κ3) is 3.68. The third-order valence-electron chi connectivity index (χ3n) is 3.84. The average Bonchev–Trinajstić information content (AvgIpc) is 2.29. The lowest BCUT2D eigenvalue weighted by atomic mass is 9.77. The summed E-state index contributed by atoms with van der Waals surface area (Å²) in [7, 11) is 5.83. The van der Waals surface area contributed by atoms with Crippen molar-refractivity contribution < 1.29 is 14.3 Å². The van der Waals surface area contributed by atoms with Crippen LogP contribution in [0.5, 0.6) is 0 Å². The van der Waals surface area contributed by atoms with Crippen molar-refractivity contribution >= 4 is 5.97 Å². The first-order chi connectivity index (χ1) is 8.04. The van der Waals surface area contributed by atoms with Crippen molar-refractivity contribution in [1.82, 2.24) is 4.90 Å². The van der Waals surface area contributed by atoms with Crippen LogP contribution in [0.4, 0.5) is 0 Å². The van der Waals surface area contributed by atoms with Crippen LogP contribution in [0, 0.1) is 0 Å². The van der Waals surface area contributed by atoms with E-state index >= 15 is 0 Å². The summed E-state index contributed by atoms with van der Waals surface area (Å²) < 4.78 is 10.5. The maximum absolute atomic E-state index is 11.7. The standard InChI is InChI=1S/C13H25NO3/c1-5-17-12(15)10-13(14(2)3)8-6-7-11(9-13)16-4/h11H,5-10H2,1-4H3. The lowest BCUT2D eigenvalue weighted by Gasteiger charge is -2.44. The molecule has 0 aliphatic heterocycles. The lowest BCUT2D eigenvalue weighted by molar-refractivity contribution is -0.147. The maximum Gasteiger partial charge on any atom is 0.307 e. The van der Waals surface area contributed by atoms with Crippen LogP contribution in [0.1, 0.15) is 39.0 Å². The van der Waals surface area contributed by atoms with E-state index in [0.717, 1.165) is 25.7 Å². The summed E-state index contributed by atoms with van der Waals surface area (Å²) in [6, 6.07) is 0. The molecule has 0 heterocycles. The molecular weight excluding hydrogens is 218 g/mol. The molecule has 1 rings (SSSR count). The number of carbonyl (C=O) groups is 1. The number of hydrogen-bond acceptors (Lipinski definition) is 4. The highest BCUT2D eigenvalue weighted by atomic mass is 16.5. The molecule has 0 amide bonds. The first-order valence-corrected chi connectivity index (χ1v) is 6.40. The smallest absolute Gasteiger partial charge is 0.307 e. The number of hydrogen-bond donors (Lipinski definition) is 0. The highest BCUT2D eigenvalue weighted by Gasteiger charge is 2.40. The Kier molecular flexibility index (Phi) is 5.40. The van der Waals surface area contributed by atoms with E-state index in [2.05, 4.69) is 4.90 Å². The third-order valence-corrected chi connectivity index (χ3v) is 3.84. The van der Waals surface area contributed by atoms with Gasteiger partial charge in [-0.1, -0.05) is 0 Å². The Balaban J connectivity index is 2.71. The Labute approximate surface area is 104 Å².